The molecule has 2 aromatic rings. The second kappa shape index (κ2) is 13.6. The van der Waals surface area contributed by atoms with Crippen LogP contribution in [0.2, 0.25) is 0 Å². The Kier molecular flexibility index (Phi) is 9.95. The van der Waals surface area contributed by atoms with Gasteiger partial charge in [0.2, 0.25) is 11.8 Å². The Morgan fingerprint density at radius 1 is 1.10 bits per heavy atom. The van der Waals surface area contributed by atoms with Crippen LogP contribution >= 0.6 is 0 Å². The fraction of sp³-hybridized carbons (Fsp3) is 0.645. The summed E-state index contributed by atoms with van der Waals surface area (Å²) < 4.78 is 10.8. The van der Waals surface area contributed by atoms with Gasteiger partial charge in [-0.3, -0.25) is 24.6 Å². The number of aliphatic hydroxyl groups is 1. The number of aliphatic hydroxyl groups excluding tert-OH is 1. The largest absolute Gasteiger partial charge is 0.379 e. The van der Waals surface area contributed by atoms with Crippen molar-refractivity contribution in [1.29, 1.82) is 0 Å². The van der Waals surface area contributed by atoms with Gasteiger partial charge < -0.3 is 30.2 Å². The van der Waals surface area contributed by atoms with Crippen molar-refractivity contribution in [3.05, 3.63) is 36.0 Å². The number of aromatic nitrogens is 1. The van der Waals surface area contributed by atoms with Gasteiger partial charge in [-0.1, -0.05) is 31.7 Å². The summed E-state index contributed by atoms with van der Waals surface area (Å²) in [6, 6.07) is 5.49. The number of morpholine rings is 1. The standard InChI is InChI=1S/C31H45N5O6/c1-20(33-27(37)18-36-11-13-41-14-12-36)29(39)35-26(17-22-7-8-24-23(15-22)9-10-32-24)30(40)34-25(16-21-5-3-4-6-21)28(38)31(2)19-42-31/h7-10,15,20-21,25-27,32-33,37H,3-6,11-14,16-19H2,1-2H3,(H,34,40)(H,35,39)/t20-,25-,26-,27?,31+/m0/s1. The van der Waals surface area contributed by atoms with Crippen LogP contribution < -0.4 is 16.0 Å². The Balaban J connectivity index is 1.27. The van der Waals surface area contributed by atoms with Gasteiger partial charge in [-0.2, -0.15) is 0 Å². The van der Waals surface area contributed by atoms with Gasteiger partial charge in [0.25, 0.3) is 0 Å². The van der Waals surface area contributed by atoms with Crippen molar-refractivity contribution in [1.82, 2.24) is 25.8 Å². The van der Waals surface area contributed by atoms with E-state index < -0.39 is 41.8 Å². The number of carbonyl (C=O) groups is 3. The molecule has 1 unspecified atom stereocenters. The number of nitrogens with zero attached hydrogens (tertiary/aromatic N) is 1. The van der Waals surface area contributed by atoms with E-state index in [1.807, 2.05) is 30.5 Å². The first-order chi connectivity index (χ1) is 20.2. The minimum absolute atomic E-state index is 0.108. The summed E-state index contributed by atoms with van der Waals surface area (Å²) in [6.07, 6.45) is 6.13. The molecule has 5 atom stereocenters. The highest BCUT2D eigenvalue weighted by atomic mass is 16.6. The third-order valence-corrected chi connectivity index (χ3v) is 8.84. The molecule has 5 rings (SSSR count). The predicted octanol–water partition coefficient (Wildman–Crippen LogP) is 1.25. The number of H-pyrrole nitrogens is 1. The summed E-state index contributed by atoms with van der Waals surface area (Å²) in [6.45, 7) is 6.83. The average molecular weight is 584 g/mol. The van der Waals surface area contributed by atoms with Crippen LogP contribution in [0.1, 0.15) is 51.5 Å². The Labute approximate surface area is 247 Å². The summed E-state index contributed by atoms with van der Waals surface area (Å²) in [7, 11) is 0. The number of aromatic amines is 1. The van der Waals surface area contributed by atoms with E-state index in [1.165, 1.54) is 0 Å². The molecule has 5 N–H and O–H groups in total. The number of ether oxygens (including phenoxy) is 2. The smallest absolute Gasteiger partial charge is 0.243 e. The number of β-amino-alcohol motifs (C(OH)–C–C–N with tert-alkyl or cyclic N) is 1. The molecule has 1 saturated carbocycles. The highest BCUT2D eigenvalue weighted by molar-refractivity contribution is 5.98. The summed E-state index contributed by atoms with van der Waals surface area (Å²) in [5.74, 6) is -0.542. The molecule has 3 heterocycles. The number of carbonyl (C=O) groups excluding carboxylic acids is 3. The SMILES string of the molecule is C[C@H](NC(O)CN1CCOCC1)C(=O)N[C@@H](Cc1ccc2[nH]ccc2c1)C(=O)N[C@@H](CC1CCCC1)C(=O)[C@@]1(C)CO1. The molecule has 0 radical (unpaired) electrons. The topological polar surface area (TPSA) is 148 Å². The van der Waals surface area contributed by atoms with Crippen molar-refractivity contribution in [2.24, 2.45) is 5.92 Å². The quantitative estimate of drug-likeness (QED) is 0.165. The van der Waals surface area contributed by atoms with E-state index in [0.717, 1.165) is 55.2 Å². The molecule has 2 aliphatic heterocycles. The van der Waals surface area contributed by atoms with Gasteiger partial charge in [-0.05, 0) is 55.3 Å². The monoisotopic (exact) mass is 583 g/mol. The fourth-order valence-electron chi connectivity index (χ4n) is 6.12. The number of benzene rings is 1. The highest BCUT2D eigenvalue weighted by Gasteiger charge is 2.50. The third-order valence-electron chi connectivity index (χ3n) is 8.84. The van der Waals surface area contributed by atoms with Gasteiger partial charge >= 0.3 is 0 Å². The first kappa shape index (κ1) is 30.6. The number of Topliss-reactive ketones (excluding diaryl/α,β-unsaturated/α-hetero) is 1. The van der Waals surface area contributed by atoms with E-state index in [9.17, 15) is 19.5 Å². The molecule has 42 heavy (non-hydrogen) atoms. The molecule has 0 bridgehead atoms. The summed E-state index contributed by atoms with van der Waals surface area (Å²) in [4.78, 5) is 45.8. The second-order valence-electron chi connectivity index (χ2n) is 12.3. The summed E-state index contributed by atoms with van der Waals surface area (Å²) in [5, 5.41) is 20.4. The lowest BCUT2D eigenvalue weighted by Crippen LogP contribution is -2.58. The van der Waals surface area contributed by atoms with Crippen LogP contribution in [0.3, 0.4) is 0 Å². The van der Waals surface area contributed by atoms with E-state index >= 15 is 0 Å². The number of ketones is 1. The zero-order chi connectivity index (χ0) is 29.7. The molecule has 2 saturated heterocycles. The molecular weight excluding hydrogens is 538 g/mol. The lowest BCUT2D eigenvalue weighted by molar-refractivity contribution is -0.133. The van der Waals surface area contributed by atoms with E-state index in [4.69, 9.17) is 9.47 Å². The zero-order valence-electron chi connectivity index (χ0n) is 24.7. The minimum atomic E-state index is -0.917. The van der Waals surface area contributed by atoms with E-state index in [2.05, 4.69) is 25.8 Å². The minimum Gasteiger partial charge on any atom is -0.379 e. The van der Waals surface area contributed by atoms with Gasteiger partial charge in [0, 0.05) is 37.8 Å². The number of rotatable bonds is 14. The molecular formula is C31H45N5O6. The van der Waals surface area contributed by atoms with Crippen LogP contribution in [0.5, 0.6) is 0 Å². The third kappa shape index (κ3) is 7.96. The number of nitrogens with one attached hydrogen (secondary N) is 4. The first-order valence-corrected chi connectivity index (χ1v) is 15.3. The van der Waals surface area contributed by atoms with Gasteiger partial charge in [0.1, 0.15) is 17.9 Å². The van der Waals surface area contributed by atoms with E-state index in [1.54, 1.807) is 13.8 Å². The second-order valence-corrected chi connectivity index (χ2v) is 12.3. The number of amides is 2. The average Bonchev–Trinajstić information content (AvgIpc) is 3.32. The maximum atomic E-state index is 13.8. The Morgan fingerprint density at radius 2 is 1.81 bits per heavy atom. The molecule has 1 aromatic carbocycles. The molecule has 11 heteroatoms. The van der Waals surface area contributed by atoms with Crippen molar-refractivity contribution >= 4 is 28.5 Å². The van der Waals surface area contributed by atoms with Crippen molar-refractivity contribution in [3.8, 4) is 0 Å². The molecule has 3 fully saturated rings. The number of hydrogen-bond acceptors (Lipinski definition) is 8. The summed E-state index contributed by atoms with van der Waals surface area (Å²) in [5.41, 5.74) is 1.01. The van der Waals surface area contributed by atoms with Crippen molar-refractivity contribution in [2.45, 2.75) is 82.3 Å². The predicted molar refractivity (Wildman–Crippen MR) is 158 cm³/mol. The molecule has 1 aliphatic carbocycles. The molecule has 11 nitrogen and oxygen atoms in total. The number of epoxide rings is 1. The van der Waals surface area contributed by atoms with Crippen molar-refractivity contribution in [3.63, 3.8) is 0 Å². The van der Waals surface area contributed by atoms with Gasteiger partial charge in [0.15, 0.2) is 5.78 Å². The van der Waals surface area contributed by atoms with Crippen molar-refractivity contribution in [2.75, 3.05) is 39.5 Å². The number of hydrogen-bond donors (Lipinski definition) is 5. The van der Waals surface area contributed by atoms with Crippen LogP contribution in [0, 0.1) is 5.92 Å². The van der Waals surface area contributed by atoms with Crippen LogP contribution in [0.15, 0.2) is 30.5 Å². The van der Waals surface area contributed by atoms with Crippen LogP contribution in [0.4, 0.5) is 0 Å². The maximum Gasteiger partial charge on any atom is 0.243 e. The Hall–Kier alpha value is -2.83. The Morgan fingerprint density at radius 3 is 2.52 bits per heavy atom. The van der Waals surface area contributed by atoms with Gasteiger partial charge in [-0.25, -0.2) is 0 Å². The molecule has 3 aliphatic rings. The highest BCUT2D eigenvalue weighted by Crippen LogP contribution is 2.33. The first-order valence-electron chi connectivity index (χ1n) is 15.3. The molecule has 230 valence electrons. The number of fused-ring (bicyclic) bond motifs is 1. The van der Waals surface area contributed by atoms with Crippen LogP contribution in [0.25, 0.3) is 10.9 Å². The van der Waals surface area contributed by atoms with Gasteiger partial charge in [-0.15, -0.1) is 0 Å². The maximum absolute atomic E-state index is 13.8. The van der Waals surface area contributed by atoms with Crippen molar-refractivity contribution < 1.29 is 29.0 Å². The van der Waals surface area contributed by atoms with E-state index in [-0.39, 0.29) is 12.2 Å². The Bertz CT molecular complexity index is 1230. The van der Waals surface area contributed by atoms with Crippen LogP contribution in [-0.4, -0.2) is 102 Å². The van der Waals surface area contributed by atoms with Crippen LogP contribution in [-0.2, 0) is 30.3 Å². The lowest BCUT2D eigenvalue weighted by Gasteiger charge is -2.30. The summed E-state index contributed by atoms with van der Waals surface area (Å²) >= 11 is 0. The molecule has 0 spiro atoms. The molecule has 1 aromatic heterocycles. The fourth-order valence-corrected chi connectivity index (χ4v) is 6.12. The zero-order valence-corrected chi connectivity index (χ0v) is 24.7. The normalized spacial score (nSPS) is 24.2. The van der Waals surface area contributed by atoms with Gasteiger partial charge in [0.05, 0.1) is 31.9 Å². The van der Waals surface area contributed by atoms with E-state index in [0.29, 0.717) is 38.7 Å². The molecule has 2 amide bonds. The lowest BCUT2D eigenvalue weighted by atomic mass is 9.90.